The second-order valence-electron chi connectivity index (χ2n) is 6.05. The molecule has 3 rings (SSSR count). The van der Waals surface area contributed by atoms with Crippen LogP contribution in [0, 0.1) is 6.92 Å². The summed E-state index contributed by atoms with van der Waals surface area (Å²) >= 11 is 0. The van der Waals surface area contributed by atoms with Crippen LogP contribution in [0.1, 0.15) is 36.9 Å². The Morgan fingerprint density at radius 2 is 2.09 bits per heavy atom. The van der Waals surface area contributed by atoms with Crippen molar-refractivity contribution in [2.24, 2.45) is 0 Å². The van der Waals surface area contributed by atoms with Crippen LogP contribution in [0.5, 0.6) is 5.75 Å². The lowest BCUT2D eigenvalue weighted by molar-refractivity contribution is -0.138. The summed E-state index contributed by atoms with van der Waals surface area (Å²) in [6, 6.07) is 11.9. The van der Waals surface area contributed by atoms with Crippen molar-refractivity contribution in [3.63, 3.8) is 0 Å². The van der Waals surface area contributed by atoms with Crippen LogP contribution in [-0.2, 0) is 4.79 Å². The molecular weight excluding hydrogens is 288 g/mol. The van der Waals surface area contributed by atoms with Gasteiger partial charge in [-0.05, 0) is 62.1 Å². The summed E-state index contributed by atoms with van der Waals surface area (Å²) in [5.74, 6) is 0.788. The SMILES string of the molecule is Cc1cccc(OC(C)C(=O)N2CCCC2c2ccncc2)c1. The molecule has 1 saturated heterocycles. The van der Waals surface area contributed by atoms with Gasteiger partial charge in [-0.2, -0.15) is 0 Å². The lowest BCUT2D eigenvalue weighted by Crippen LogP contribution is -2.40. The molecular formula is C19H22N2O2. The molecule has 1 amide bonds. The first kappa shape index (κ1) is 15.5. The number of likely N-dealkylation sites (tertiary alicyclic amines) is 1. The minimum Gasteiger partial charge on any atom is -0.481 e. The Morgan fingerprint density at radius 1 is 1.30 bits per heavy atom. The summed E-state index contributed by atoms with van der Waals surface area (Å²) in [5, 5.41) is 0. The molecule has 4 heteroatoms. The molecule has 0 spiro atoms. The van der Waals surface area contributed by atoms with Gasteiger partial charge in [-0.15, -0.1) is 0 Å². The first-order valence-corrected chi connectivity index (χ1v) is 8.09. The fourth-order valence-corrected chi connectivity index (χ4v) is 3.14. The van der Waals surface area contributed by atoms with E-state index in [2.05, 4.69) is 4.98 Å². The summed E-state index contributed by atoms with van der Waals surface area (Å²) in [4.78, 5) is 18.8. The number of carbonyl (C=O) groups is 1. The fourth-order valence-electron chi connectivity index (χ4n) is 3.14. The molecule has 0 bridgehead atoms. The largest absolute Gasteiger partial charge is 0.481 e. The van der Waals surface area contributed by atoms with Crippen molar-refractivity contribution in [2.75, 3.05) is 6.54 Å². The summed E-state index contributed by atoms with van der Waals surface area (Å²) in [5.41, 5.74) is 2.27. The van der Waals surface area contributed by atoms with Crippen LogP contribution in [0.2, 0.25) is 0 Å². The molecule has 120 valence electrons. The first-order valence-electron chi connectivity index (χ1n) is 8.09. The van der Waals surface area contributed by atoms with E-state index in [1.807, 2.05) is 55.1 Å². The number of carbonyl (C=O) groups excluding carboxylic acids is 1. The molecule has 1 aromatic carbocycles. The highest BCUT2D eigenvalue weighted by atomic mass is 16.5. The average Bonchev–Trinajstić information content (AvgIpc) is 3.04. The molecule has 1 aliphatic rings. The first-order chi connectivity index (χ1) is 11.1. The average molecular weight is 310 g/mol. The van der Waals surface area contributed by atoms with Crippen LogP contribution in [-0.4, -0.2) is 28.4 Å². The van der Waals surface area contributed by atoms with Gasteiger partial charge in [0, 0.05) is 18.9 Å². The van der Waals surface area contributed by atoms with Crippen LogP contribution in [0.3, 0.4) is 0 Å². The van der Waals surface area contributed by atoms with E-state index >= 15 is 0 Å². The highest BCUT2D eigenvalue weighted by Gasteiger charge is 2.33. The predicted octanol–water partition coefficient (Wildman–Crippen LogP) is 3.52. The third kappa shape index (κ3) is 3.52. The van der Waals surface area contributed by atoms with Gasteiger partial charge in [0.05, 0.1) is 6.04 Å². The van der Waals surface area contributed by atoms with Crippen LogP contribution < -0.4 is 4.74 Å². The third-order valence-electron chi connectivity index (χ3n) is 4.28. The Kier molecular flexibility index (Phi) is 4.60. The van der Waals surface area contributed by atoms with E-state index in [0.29, 0.717) is 0 Å². The van der Waals surface area contributed by atoms with Gasteiger partial charge in [0.15, 0.2) is 6.10 Å². The number of aromatic nitrogens is 1. The minimum absolute atomic E-state index is 0.0471. The Balaban J connectivity index is 1.71. The molecule has 23 heavy (non-hydrogen) atoms. The molecule has 2 heterocycles. The molecule has 0 radical (unpaired) electrons. The summed E-state index contributed by atoms with van der Waals surface area (Å²) in [7, 11) is 0. The summed E-state index contributed by atoms with van der Waals surface area (Å²) < 4.78 is 5.85. The Hall–Kier alpha value is -2.36. The molecule has 1 aromatic heterocycles. The van der Waals surface area contributed by atoms with Gasteiger partial charge < -0.3 is 9.64 Å². The van der Waals surface area contributed by atoms with E-state index < -0.39 is 6.10 Å². The molecule has 1 fully saturated rings. The van der Waals surface area contributed by atoms with E-state index in [9.17, 15) is 4.79 Å². The van der Waals surface area contributed by atoms with E-state index in [1.54, 1.807) is 12.4 Å². The molecule has 2 aromatic rings. The number of rotatable bonds is 4. The summed E-state index contributed by atoms with van der Waals surface area (Å²) in [6.45, 7) is 4.62. The van der Waals surface area contributed by atoms with Crippen molar-refractivity contribution in [1.29, 1.82) is 0 Å². The van der Waals surface area contributed by atoms with Gasteiger partial charge in [0.2, 0.25) is 0 Å². The molecule has 0 N–H and O–H groups in total. The smallest absolute Gasteiger partial charge is 0.263 e. The maximum atomic E-state index is 12.8. The number of nitrogens with zero attached hydrogens (tertiary/aromatic N) is 2. The minimum atomic E-state index is -0.487. The number of hydrogen-bond donors (Lipinski definition) is 0. The van der Waals surface area contributed by atoms with Crippen LogP contribution in [0.15, 0.2) is 48.8 Å². The lowest BCUT2D eigenvalue weighted by atomic mass is 10.1. The van der Waals surface area contributed by atoms with E-state index in [-0.39, 0.29) is 11.9 Å². The Labute approximate surface area is 137 Å². The van der Waals surface area contributed by atoms with Crippen molar-refractivity contribution >= 4 is 5.91 Å². The van der Waals surface area contributed by atoms with Gasteiger partial charge in [-0.25, -0.2) is 0 Å². The maximum Gasteiger partial charge on any atom is 0.263 e. The van der Waals surface area contributed by atoms with Crippen LogP contribution >= 0.6 is 0 Å². The van der Waals surface area contributed by atoms with Crippen molar-refractivity contribution in [1.82, 2.24) is 9.88 Å². The van der Waals surface area contributed by atoms with Crippen LogP contribution in [0.25, 0.3) is 0 Å². The number of benzene rings is 1. The highest BCUT2D eigenvalue weighted by Crippen LogP contribution is 2.32. The molecule has 0 aliphatic carbocycles. The molecule has 4 nitrogen and oxygen atoms in total. The van der Waals surface area contributed by atoms with Gasteiger partial charge in [0.25, 0.3) is 5.91 Å². The topological polar surface area (TPSA) is 42.4 Å². The normalized spacial score (nSPS) is 18.7. The van der Waals surface area contributed by atoms with Crippen molar-refractivity contribution in [3.8, 4) is 5.75 Å². The number of hydrogen-bond acceptors (Lipinski definition) is 3. The maximum absolute atomic E-state index is 12.8. The standard InChI is InChI=1S/C19H22N2O2/c1-14-5-3-6-17(13-14)23-15(2)19(22)21-12-4-7-18(21)16-8-10-20-11-9-16/h3,5-6,8-11,13,15,18H,4,7,12H2,1-2H3. The molecule has 2 atom stereocenters. The van der Waals surface area contributed by atoms with Gasteiger partial charge >= 0.3 is 0 Å². The number of amides is 1. The second kappa shape index (κ2) is 6.82. The Morgan fingerprint density at radius 3 is 2.83 bits per heavy atom. The van der Waals surface area contributed by atoms with Crippen molar-refractivity contribution in [2.45, 2.75) is 38.8 Å². The van der Waals surface area contributed by atoms with E-state index in [0.717, 1.165) is 36.3 Å². The Bertz CT molecular complexity index is 672. The van der Waals surface area contributed by atoms with Crippen LogP contribution in [0.4, 0.5) is 0 Å². The third-order valence-corrected chi connectivity index (χ3v) is 4.28. The summed E-state index contributed by atoms with van der Waals surface area (Å²) in [6.07, 6.45) is 5.09. The zero-order valence-electron chi connectivity index (χ0n) is 13.6. The van der Waals surface area contributed by atoms with Crippen molar-refractivity contribution in [3.05, 3.63) is 59.9 Å². The van der Waals surface area contributed by atoms with E-state index in [4.69, 9.17) is 4.74 Å². The van der Waals surface area contributed by atoms with Gasteiger partial charge in [-0.3, -0.25) is 9.78 Å². The predicted molar refractivity (Wildman–Crippen MR) is 89.2 cm³/mol. The number of aryl methyl sites for hydroxylation is 1. The molecule has 2 unspecified atom stereocenters. The highest BCUT2D eigenvalue weighted by molar-refractivity contribution is 5.81. The molecule has 1 aliphatic heterocycles. The second-order valence-corrected chi connectivity index (χ2v) is 6.05. The molecule has 0 saturated carbocycles. The van der Waals surface area contributed by atoms with Gasteiger partial charge in [0.1, 0.15) is 5.75 Å². The quantitative estimate of drug-likeness (QED) is 0.867. The number of ether oxygens (including phenoxy) is 1. The fraction of sp³-hybridized carbons (Fsp3) is 0.368. The lowest BCUT2D eigenvalue weighted by Gasteiger charge is -2.28. The number of pyridine rings is 1. The zero-order valence-corrected chi connectivity index (χ0v) is 13.6. The zero-order chi connectivity index (χ0) is 16.2. The van der Waals surface area contributed by atoms with E-state index in [1.165, 1.54) is 0 Å². The monoisotopic (exact) mass is 310 g/mol. The van der Waals surface area contributed by atoms with Gasteiger partial charge in [-0.1, -0.05) is 12.1 Å². The van der Waals surface area contributed by atoms with Crippen molar-refractivity contribution < 1.29 is 9.53 Å².